The maximum Gasteiger partial charge on any atom is 0.311 e. The van der Waals surface area contributed by atoms with Crippen LogP contribution in [-0.4, -0.2) is 27.7 Å². The SMILES string of the molecule is CCOC(=O)Cc1csc(NCc2noc(C)n2)n1. The summed E-state index contributed by atoms with van der Waals surface area (Å²) in [7, 11) is 0. The lowest BCUT2D eigenvalue weighted by molar-refractivity contribution is -0.142. The molecule has 0 aromatic carbocycles. The predicted octanol–water partition coefficient (Wildman–Crippen LogP) is 1.55. The lowest BCUT2D eigenvalue weighted by Crippen LogP contribution is -2.08. The molecule has 0 bridgehead atoms. The van der Waals surface area contributed by atoms with Gasteiger partial charge in [0.1, 0.15) is 0 Å². The Bertz CT molecular complexity index is 552. The molecule has 2 aromatic rings. The van der Waals surface area contributed by atoms with E-state index in [1.54, 1.807) is 13.8 Å². The number of nitrogens with zero attached hydrogens (tertiary/aromatic N) is 3. The highest BCUT2D eigenvalue weighted by Crippen LogP contribution is 2.16. The Morgan fingerprint density at radius 3 is 3.05 bits per heavy atom. The maximum atomic E-state index is 11.3. The topological polar surface area (TPSA) is 90.1 Å². The molecule has 0 atom stereocenters. The Hall–Kier alpha value is -1.96. The van der Waals surface area contributed by atoms with Crippen LogP contribution >= 0.6 is 11.3 Å². The number of ether oxygens (including phenoxy) is 1. The summed E-state index contributed by atoms with van der Waals surface area (Å²) in [4.78, 5) is 19.6. The number of carbonyl (C=O) groups is 1. The van der Waals surface area contributed by atoms with Gasteiger partial charge < -0.3 is 14.6 Å². The smallest absolute Gasteiger partial charge is 0.311 e. The molecule has 2 heterocycles. The average Bonchev–Trinajstić information content (AvgIpc) is 2.96. The molecule has 1 N–H and O–H groups in total. The van der Waals surface area contributed by atoms with Crippen LogP contribution in [0.15, 0.2) is 9.90 Å². The van der Waals surface area contributed by atoms with Gasteiger partial charge in [-0.05, 0) is 6.92 Å². The molecule has 0 fully saturated rings. The average molecular weight is 282 g/mol. The monoisotopic (exact) mass is 282 g/mol. The summed E-state index contributed by atoms with van der Waals surface area (Å²) in [5.74, 6) is 0.826. The minimum Gasteiger partial charge on any atom is -0.466 e. The van der Waals surface area contributed by atoms with Crippen molar-refractivity contribution >= 4 is 22.4 Å². The molecule has 7 nitrogen and oxygen atoms in total. The molecule has 19 heavy (non-hydrogen) atoms. The summed E-state index contributed by atoms with van der Waals surface area (Å²) in [6.45, 7) is 4.32. The molecule has 0 unspecified atom stereocenters. The molecule has 0 aliphatic carbocycles. The van der Waals surface area contributed by atoms with Gasteiger partial charge in [-0.3, -0.25) is 4.79 Å². The fourth-order valence-electron chi connectivity index (χ4n) is 1.40. The zero-order valence-electron chi connectivity index (χ0n) is 10.7. The summed E-state index contributed by atoms with van der Waals surface area (Å²) >= 11 is 1.42. The number of esters is 1. The van der Waals surface area contributed by atoms with E-state index in [2.05, 4.69) is 20.4 Å². The van der Waals surface area contributed by atoms with Crippen molar-refractivity contribution in [2.24, 2.45) is 0 Å². The van der Waals surface area contributed by atoms with Gasteiger partial charge in [-0.25, -0.2) is 4.98 Å². The molecular weight excluding hydrogens is 268 g/mol. The highest BCUT2D eigenvalue weighted by atomic mass is 32.1. The molecule has 8 heteroatoms. The number of nitrogens with one attached hydrogen (secondary N) is 1. The van der Waals surface area contributed by atoms with Crippen LogP contribution in [0.2, 0.25) is 0 Å². The molecule has 0 aliphatic rings. The number of anilines is 1. The van der Waals surface area contributed by atoms with Crippen LogP contribution in [0.5, 0.6) is 0 Å². The molecule has 0 spiro atoms. The second-order valence-corrected chi connectivity index (χ2v) is 4.57. The van der Waals surface area contributed by atoms with Gasteiger partial charge in [-0.1, -0.05) is 5.16 Å². The summed E-state index contributed by atoms with van der Waals surface area (Å²) in [5.41, 5.74) is 0.690. The first-order valence-corrected chi connectivity index (χ1v) is 6.68. The van der Waals surface area contributed by atoms with E-state index in [4.69, 9.17) is 9.26 Å². The lowest BCUT2D eigenvalue weighted by Gasteiger charge is -1.98. The third-order valence-electron chi connectivity index (χ3n) is 2.15. The highest BCUT2D eigenvalue weighted by molar-refractivity contribution is 7.13. The minimum absolute atomic E-state index is 0.188. The van der Waals surface area contributed by atoms with Gasteiger partial charge in [-0.2, -0.15) is 4.98 Å². The number of hydrogen-bond donors (Lipinski definition) is 1. The Morgan fingerprint density at radius 1 is 1.53 bits per heavy atom. The second kappa shape index (κ2) is 6.28. The first-order chi connectivity index (χ1) is 9.17. The van der Waals surface area contributed by atoms with E-state index in [0.29, 0.717) is 35.7 Å². The zero-order valence-corrected chi connectivity index (χ0v) is 11.5. The predicted molar refractivity (Wildman–Crippen MR) is 68.8 cm³/mol. The van der Waals surface area contributed by atoms with Crippen LogP contribution < -0.4 is 5.32 Å². The first kappa shape index (κ1) is 13.5. The summed E-state index contributed by atoms with van der Waals surface area (Å²) < 4.78 is 9.72. The molecular formula is C11H14N4O3S. The van der Waals surface area contributed by atoms with Crippen molar-refractivity contribution in [2.45, 2.75) is 26.8 Å². The van der Waals surface area contributed by atoms with Crippen molar-refractivity contribution in [1.82, 2.24) is 15.1 Å². The van der Waals surface area contributed by atoms with E-state index in [1.165, 1.54) is 11.3 Å². The molecule has 0 saturated carbocycles. The summed E-state index contributed by atoms with van der Waals surface area (Å²) in [6.07, 6.45) is 0.188. The van der Waals surface area contributed by atoms with Crippen molar-refractivity contribution in [3.63, 3.8) is 0 Å². The van der Waals surface area contributed by atoms with E-state index in [1.807, 2.05) is 5.38 Å². The van der Waals surface area contributed by atoms with Crippen LogP contribution in [0.25, 0.3) is 0 Å². The van der Waals surface area contributed by atoms with Crippen molar-refractivity contribution in [1.29, 1.82) is 0 Å². The molecule has 0 amide bonds. The molecule has 2 aromatic heterocycles. The number of rotatable bonds is 6. The van der Waals surface area contributed by atoms with E-state index in [0.717, 1.165) is 0 Å². The Morgan fingerprint density at radius 2 is 2.37 bits per heavy atom. The summed E-state index contributed by atoms with van der Waals surface area (Å²) in [6, 6.07) is 0. The second-order valence-electron chi connectivity index (χ2n) is 3.71. The molecule has 0 radical (unpaired) electrons. The van der Waals surface area contributed by atoms with Gasteiger partial charge in [-0.15, -0.1) is 11.3 Å². The van der Waals surface area contributed by atoms with Gasteiger partial charge in [0, 0.05) is 12.3 Å². The third-order valence-corrected chi connectivity index (χ3v) is 3.00. The van der Waals surface area contributed by atoms with Crippen molar-refractivity contribution < 1.29 is 14.1 Å². The largest absolute Gasteiger partial charge is 0.466 e. The number of aryl methyl sites for hydroxylation is 1. The Kier molecular flexibility index (Phi) is 4.45. The third kappa shape index (κ3) is 4.02. The van der Waals surface area contributed by atoms with Gasteiger partial charge in [0.25, 0.3) is 0 Å². The van der Waals surface area contributed by atoms with Gasteiger partial charge in [0.15, 0.2) is 11.0 Å². The van der Waals surface area contributed by atoms with E-state index >= 15 is 0 Å². The first-order valence-electron chi connectivity index (χ1n) is 5.80. The van der Waals surface area contributed by atoms with Gasteiger partial charge in [0.05, 0.1) is 25.3 Å². The van der Waals surface area contributed by atoms with E-state index in [-0.39, 0.29) is 12.4 Å². The number of aromatic nitrogens is 3. The van der Waals surface area contributed by atoms with Crippen molar-refractivity contribution in [2.75, 3.05) is 11.9 Å². The quantitative estimate of drug-likeness (QED) is 0.804. The van der Waals surface area contributed by atoms with Crippen LogP contribution in [0.4, 0.5) is 5.13 Å². The van der Waals surface area contributed by atoms with Crippen LogP contribution in [0.1, 0.15) is 24.3 Å². The molecule has 2 rings (SSSR count). The van der Waals surface area contributed by atoms with E-state index in [9.17, 15) is 4.79 Å². The Balaban J connectivity index is 1.85. The van der Waals surface area contributed by atoms with Crippen molar-refractivity contribution in [3.05, 3.63) is 22.8 Å². The zero-order chi connectivity index (χ0) is 13.7. The van der Waals surface area contributed by atoms with Gasteiger partial charge >= 0.3 is 5.97 Å². The molecule has 0 aliphatic heterocycles. The fourth-order valence-corrected chi connectivity index (χ4v) is 2.11. The normalized spacial score (nSPS) is 10.4. The van der Waals surface area contributed by atoms with Crippen LogP contribution in [0, 0.1) is 6.92 Å². The standard InChI is InChI=1S/C11H14N4O3S/c1-3-17-10(16)4-8-6-19-11(14-8)12-5-9-13-7(2)18-15-9/h6H,3-5H2,1-2H3,(H,12,14). The fraction of sp³-hybridized carbons (Fsp3) is 0.455. The summed E-state index contributed by atoms with van der Waals surface area (Å²) in [5, 5.41) is 9.36. The number of carbonyl (C=O) groups excluding carboxylic acids is 1. The van der Waals surface area contributed by atoms with Gasteiger partial charge in [0.2, 0.25) is 5.89 Å². The minimum atomic E-state index is -0.270. The highest BCUT2D eigenvalue weighted by Gasteiger charge is 2.09. The number of thiazole rings is 1. The lowest BCUT2D eigenvalue weighted by atomic mass is 10.3. The van der Waals surface area contributed by atoms with Crippen LogP contribution in [0.3, 0.4) is 0 Å². The number of hydrogen-bond acceptors (Lipinski definition) is 8. The van der Waals surface area contributed by atoms with E-state index < -0.39 is 0 Å². The Labute approximate surface area is 114 Å². The van der Waals surface area contributed by atoms with Crippen LogP contribution in [-0.2, 0) is 22.5 Å². The maximum absolute atomic E-state index is 11.3. The molecule has 0 saturated heterocycles. The molecule has 102 valence electrons. The van der Waals surface area contributed by atoms with Crippen molar-refractivity contribution in [3.8, 4) is 0 Å².